The van der Waals surface area contributed by atoms with Crippen molar-refractivity contribution < 1.29 is 24.2 Å². The zero-order chi connectivity index (χ0) is 23.9. The predicted molar refractivity (Wildman–Crippen MR) is 130 cm³/mol. The quantitative estimate of drug-likeness (QED) is 0.288. The maximum atomic E-state index is 13.3. The van der Waals surface area contributed by atoms with Crippen LogP contribution in [-0.4, -0.2) is 31.0 Å². The fourth-order valence-corrected chi connectivity index (χ4v) is 5.27. The van der Waals surface area contributed by atoms with Crippen molar-refractivity contribution in [2.75, 3.05) is 19.1 Å². The molecule has 1 aliphatic heterocycles. The highest BCUT2D eigenvalue weighted by Crippen LogP contribution is 2.46. The van der Waals surface area contributed by atoms with Gasteiger partial charge in [0.05, 0.1) is 24.8 Å². The Morgan fingerprint density at radius 3 is 2.36 bits per heavy atom. The average molecular weight is 484 g/mol. The van der Waals surface area contributed by atoms with Gasteiger partial charge < -0.3 is 14.6 Å². The maximum Gasteiger partial charge on any atom is 0.300 e. The molecule has 1 atom stereocenters. The van der Waals surface area contributed by atoms with E-state index >= 15 is 0 Å². The van der Waals surface area contributed by atoms with Crippen LogP contribution in [0.5, 0.6) is 11.5 Å². The number of halogens is 1. The van der Waals surface area contributed by atoms with Gasteiger partial charge in [0.25, 0.3) is 11.7 Å². The Balaban J connectivity index is 1.95. The molecule has 0 aliphatic carbocycles. The molecule has 1 amide bonds. The summed E-state index contributed by atoms with van der Waals surface area (Å²) in [5.41, 5.74) is 2.55. The van der Waals surface area contributed by atoms with Gasteiger partial charge in [0, 0.05) is 16.1 Å². The molecule has 8 heteroatoms. The van der Waals surface area contributed by atoms with Crippen molar-refractivity contribution in [1.29, 1.82) is 0 Å². The van der Waals surface area contributed by atoms with Crippen LogP contribution in [-0.2, 0) is 9.59 Å². The number of nitrogens with zero attached hydrogens (tertiary/aromatic N) is 1. The van der Waals surface area contributed by atoms with Crippen LogP contribution in [0.25, 0.3) is 5.76 Å². The van der Waals surface area contributed by atoms with Crippen LogP contribution in [0.2, 0.25) is 5.02 Å². The van der Waals surface area contributed by atoms with Crippen LogP contribution >= 0.6 is 22.9 Å². The van der Waals surface area contributed by atoms with Gasteiger partial charge in [-0.2, -0.15) is 0 Å². The second-order valence-corrected chi connectivity index (χ2v) is 8.99. The number of carbonyl (C=O) groups excluding carboxylic acids is 2. The molecule has 0 spiro atoms. The first-order valence-corrected chi connectivity index (χ1v) is 11.4. The molecule has 1 saturated heterocycles. The lowest BCUT2D eigenvalue weighted by Crippen LogP contribution is -2.29. The SMILES string of the molecule is COc1ccc(/C(O)=C2/C(=O)C(=O)N(c3ccc(OC)c(Cl)c3)C2c2sccc2C)c(C)c1. The minimum atomic E-state index is -0.795. The van der Waals surface area contributed by atoms with Gasteiger partial charge in [0.2, 0.25) is 0 Å². The van der Waals surface area contributed by atoms with E-state index in [1.807, 2.05) is 25.3 Å². The van der Waals surface area contributed by atoms with Gasteiger partial charge in [-0.3, -0.25) is 14.5 Å². The van der Waals surface area contributed by atoms with Gasteiger partial charge >= 0.3 is 0 Å². The number of rotatable bonds is 5. The summed E-state index contributed by atoms with van der Waals surface area (Å²) in [6, 6.07) is 11.2. The van der Waals surface area contributed by atoms with Crippen molar-refractivity contribution in [3.8, 4) is 11.5 Å². The van der Waals surface area contributed by atoms with Gasteiger partial charge in [-0.05, 0) is 72.8 Å². The van der Waals surface area contributed by atoms with Crippen LogP contribution in [0.15, 0.2) is 53.4 Å². The van der Waals surface area contributed by atoms with E-state index in [2.05, 4.69) is 0 Å². The number of benzene rings is 2. The van der Waals surface area contributed by atoms with Crippen molar-refractivity contribution in [1.82, 2.24) is 0 Å². The van der Waals surface area contributed by atoms with Crippen molar-refractivity contribution in [2.24, 2.45) is 0 Å². The molecule has 1 aliphatic rings. The fourth-order valence-electron chi connectivity index (χ4n) is 3.99. The molecule has 1 fully saturated rings. The Hall–Kier alpha value is -3.29. The van der Waals surface area contributed by atoms with E-state index in [0.29, 0.717) is 33.3 Å². The molecule has 0 saturated carbocycles. The van der Waals surface area contributed by atoms with Gasteiger partial charge in [0.15, 0.2) is 0 Å². The molecule has 4 rings (SSSR count). The first-order valence-electron chi connectivity index (χ1n) is 10.1. The largest absolute Gasteiger partial charge is 0.507 e. The van der Waals surface area contributed by atoms with E-state index < -0.39 is 17.7 Å². The highest BCUT2D eigenvalue weighted by Gasteiger charge is 2.48. The summed E-state index contributed by atoms with van der Waals surface area (Å²) in [7, 11) is 3.05. The van der Waals surface area contributed by atoms with Crippen molar-refractivity contribution in [2.45, 2.75) is 19.9 Å². The molecule has 1 N–H and O–H groups in total. The van der Waals surface area contributed by atoms with Gasteiger partial charge in [0.1, 0.15) is 23.3 Å². The number of aryl methyl sites for hydroxylation is 2. The third-order valence-electron chi connectivity index (χ3n) is 5.70. The number of anilines is 1. The van der Waals surface area contributed by atoms with E-state index in [4.69, 9.17) is 21.1 Å². The number of aliphatic hydroxyl groups excluding tert-OH is 1. The monoisotopic (exact) mass is 483 g/mol. The first kappa shape index (κ1) is 22.9. The van der Waals surface area contributed by atoms with Crippen LogP contribution < -0.4 is 14.4 Å². The molecular formula is C25H22ClNO5S. The summed E-state index contributed by atoms with van der Waals surface area (Å²) in [5, 5.41) is 13.5. The van der Waals surface area contributed by atoms with Crippen molar-refractivity contribution in [3.05, 3.63) is 80.0 Å². The Bertz CT molecular complexity index is 1300. The smallest absolute Gasteiger partial charge is 0.300 e. The molecule has 170 valence electrons. The van der Waals surface area contributed by atoms with E-state index in [0.717, 1.165) is 10.4 Å². The Morgan fingerprint density at radius 2 is 1.79 bits per heavy atom. The third-order valence-corrected chi connectivity index (χ3v) is 7.06. The maximum absolute atomic E-state index is 13.3. The minimum absolute atomic E-state index is 0.0331. The van der Waals surface area contributed by atoms with Gasteiger partial charge in [-0.15, -0.1) is 11.3 Å². The first-order chi connectivity index (χ1) is 15.8. The topological polar surface area (TPSA) is 76.1 Å². The lowest BCUT2D eigenvalue weighted by atomic mass is 9.96. The van der Waals surface area contributed by atoms with E-state index in [9.17, 15) is 14.7 Å². The molecule has 2 heterocycles. The number of hydrogen-bond acceptors (Lipinski definition) is 6. The lowest BCUT2D eigenvalue weighted by Gasteiger charge is -2.25. The number of thiophene rings is 1. The number of aliphatic hydroxyl groups is 1. The summed E-state index contributed by atoms with van der Waals surface area (Å²) < 4.78 is 10.5. The summed E-state index contributed by atoms with van der Waals surface area (Å²) in [6.45, 7) is 3.72. The lowest BCUT2D eigenvalue weighted by molar-refractivity contribution is -0.132. The van der Waals surface area contributed by atoms with Gasteiger partial charge in [-0.25, -0.2) is 0 Å². The second kappa shape index (κ2) is 8.92. The summed E-state index contributed by atoms with van der Waals surface area (Å²) in [4.78, 5) is 28.7. The van der Waals surface area contributed by atoms with Crippen LogP contribution in [0.1, 0.15) is 27.6 Å². The number of carbonyl (C=O) groups is 2. The number of methoxy groups -OCH3 is 2. The molecule has 3 aromatic rings. The van der Waals surface area contributed by atoms with Crippen LogP contribution in [0.3, 0.4) is 0 Å². The number of ether oxygens (including phenoxy) is 2. The average Bonchev–Trinajstić information content (AvgIpc) is 3.33. The molecule has 0 bridgehead atoms. The Labute approximate surface area is 200 Å². The number of Topliss-reactive ketones (excluding diaryl/α,β-unsaturated/α-hetero) is 1. The van der Waals surface area contributed by atoms with E-state index in [1.165, 1.54) is 23.3 Å². The van der Waals surface area contributed by atoms with Crippen molar-refractivity contribution in [3.63, 3.8) is 0 Å². The molecule has 2 aromatic carbocycles. The minimum Gasteiger partial charge on any atom is -0.507 e. The third kappa shape index (κ3) is 3.87. The Morgan fingerprint density at radius 1 is 1.03 bits per heavy atom. The van der Waals surface area contributed by atoms with Crippen LogP contribution in [0.4, 0.5) is 5.69 Å². The molecule has 0 radical (unpaired) electrons. The van der Waals surface area contributed by atoms with Crippen molar-refractivity contribution >= 4 is 46.1 Å². The highest BCUT2D eigenvalue weighted by atomic mass is 35.5. The summed E-state index contributed by atoms with van der Waals surface area (Å²) in [5.74, 6) is -0.639. The zero-order valence-corrected chi connectivity index (χ0v) is 20.1. The normalized spacial score (nSPS) is 17.5. The molecular weight excluding hydrogens is 462 g/mol. The predicted octanol–water partition coefficient (Wildman–Crippen LogP) is 5.66. The van der Waals surface area contributed by atoms with Gasteiger partial charge in [-0.1, -0.05) is 11.6 Å². The number of hydrogen-bond donors (Lipinski definition) is 1. The summed E-state index contributed by atoms with van der Waals surface area (Å²) in [6.07, 6.45) is 0. The van der Waals surface area contributed by atoms with E-state index in [1.54, 1.807) is 43.5 Å². The second-order valence-electron chi connectivity index (χ2n) is 7.64. The molecule has 1 aromatic heterocycles. The molecule has 33 heavy (non-hydrogen) atoms. The number of ketones is 1. The van der Waals surface area contributed by atoms with Crippen LogP contribution in [0, 0.1) is 13.8 Å². The molecule has 6 nitrogen and oxygen atoms in total. The fraction of sp³-hybridized carbons (Fsp3) is 0.200. The molecule has 1 unspecified atom stereocenters. The number of amides is 1. The Kier molecular flexibility index (Phi) is 6.19. The summed E-state index contributed by atoms with van der Waals surface area (Å²) >= 11 is 7.74. The highest BCUT2D eigenvalue weighted by molar-refractivity contribution is 7.10. The van der Waals surface area contributed by atoms with E-state index in [-0.39, 0.29) is 11.3 Å². The standard InChI is InChI=1S/C25H22ClNO5S/c1-13-9-10-33-24(13)21-20(22(28)17-7-6-16(31-3)11-14(17)2)23(29)25(30)27(21)15-5-8-19(32-4)18(26)12-15/h5-12,21,28H,1-4H3/b22-20-. The zero-order valence-electron chi connectivity index (χ0n) is 18.5.